The van der Waals surface area contributed by atoms with Gasteiger partial charge in [0.05, 0.1) is 33.6 Å². The summed E-state index contributed by atoms with van der Waals surface area (Å²) in [6, 6.07) is 14.1. The van der Waals surface area contributed by atoms with Crippen molar-refractivity contribution < 1.29 is 14.2 Å². The Kier molecular flexibility index (Phi) is 7.89. The quantitative estimate of drug-likeness (QED) is 0.325. The highest BCUT2D eigenvalue weighted by molar-refractivity contribution is 7.07. The Balaban J connectivity index is 2.12. The molecule has 32 heavy (non-hydrogen) atoms. The lowest BCUT2D eigenvalue weighted by Gasteiger charge is -2.14. The molecule has 168 valence electrons. The van der Waals surface area contributed by atoms with Gasteiger partial charge in [-0.1, -0.05) is 49.4 Å². The van der Waals surface area contributed by atoms with Gasteiger partial charge < -0.3 is 14.2 Å². The van der Waals surface area contributed by atoms with Crippen molar-refractivity contribution in [1.29, 1.82) is 0 Å². The summed E-state index contributed by atoms with van der Waals surface area (Å²) in [5.74, 6) is 1.86. The lowest BCUT2D eigenvalue weighted by atomic mass is 10.0. The van der Waals surface area contributed by atoms with Crippen LogP contribution in [-0.4, -0.2) is 38.8 Å². The molecule has 3 rings (SSSR count). The second-order valence-corrected chi connectivity index (χ2v) is 8.20. The van der Waals surface area contributed by atoms with Crippen molar-refractivity contribution in [2.45, 2.75) is 19.8 Å². The first-order valence-corrected chi connectivity index (χ1v) is 11.1. The van der Waals surface area contributed by atoms with Gasteiger partial charge in [0.2, 0.25) is 10.6 Å². The third-order valence-corrected chi connectivity index (χ3v) is 5.72. The third kappa shape index (κ3) is 5.29. The van der Waals surface area contributed by atoms with Gasteiger partial charge in [0, 0.05) is 23.1 Å². The monoisotopic (exact) mass is 451 g/mol. The van der Waals surface area contributed by atoms with Crippen LogP contribution in [-0.2, 0) is 0 Å². The first-order valence-electron chi connectivity index (χ1n) is 10.2. The van der Waals surface area contributed by atoms with Gasteiger partial charge in [-0.2, -0.15) is 5.10 Å². The standard InChI is InChI=1S/C25H29N3O3S/c1-17(2)14-26-25-28(27-15-18(3)19-10-8-7-9-11-19)21(16-32-25)20-12-22(29-4)24(31-6)23(13-20)30-5/h7-13,15-16,18H,1,14H2,2-6H3. The molecule has 1 heterocycles. The van der Waals surface area contributed by atoms with E-state index in [-0.39, 0.29) is 5.92 Å². The number of hydrogen-bond donors (Lipinski definition) is 0. The van der Waals surface area contributed by atoms with Gasteiger partial charge in [-0.05, 0) is 24.6 Å². The summed E-state index contributed by atoms with van der Waals surface area (Å²) in [4.78, 5) is 5.49. The molecule has 0 N–H and O–H groups in total. The highest BCUT2D eigenvalue weighted by Crippen LogP contribution is 2.41. The van der Waals surface area contributed by atoms with E-state index in [1.807, 2.05) is 53.5 Å². The number of hydrogen-bond acceptors (Lipinski definition) is 6. The number of aromatic nitrogens is 1. The molecule has 6 nitrogen and oxygen atoms in total. The second kappa shape index (κ2) is 10.8. The molecule has 0 radical (unpaired) electrons. The summed E-state index contributed by atoms with van der Waals surface area (Å²) in [5.41, 5.74) is 3.95. The normalized spacial score (nSPS) is 12.7. The minimum Gasteiger partial charge on any atom is -0.493 e. The van der Waals surface area contributed by atoms with Crippen LogP contribution < -0.4 is 19.0 Å². The summed E-state index contributed by atoms with van der Waals surface area (Å²) in [5, 5.41) is 6.85. The van der Waals surface area contributed by atoms with E-state index >= 15 is 0 Å². The van der Waals surface area contributed by atoms with Crippen molar-refractivity contribution in [3.05, 3.63) is 70.4 Å². The van der Waals surface area contributed by atoms with E-state index < -0.39 is 0 Å². The first-order chi connectivity index (χ1) is 15.5. The van der Waals surface area contributed by atoms with Crippen LogP contribution in [0.5, 0.6) is 17.2 Å². The molecule has 1 aromatic heterocycles. The smallest absolute Gasteiger partial charge is 0.206 e. The number of benzene rings is 2. The Labute approximate surface area is 193 Å². The zero-order valence-corrected chi connectivity index (χ0v) is 20.0. The van der Waals surface area contributed by atoms with Crippen LogP contribution in [0.25, 0.3) is 11.3 Å². The number of rotatable bonds is 9. The summed E-state index contributed by atoms with van der Waals surface area (Å²) >= 11 is 1.53. The van der Waals surface area contributed by atoms with E-state index in [0.717, 1.165) is 21.6 Å². The minimum absolute atomic E-state index is 0.144. The molecular weight excluding hydrogens is 422 g/mol. The van der Waals surface area contributed by atoms with E-state index in [0.29, 0.717) is 23.8 Å². The molecule has 1 atom stereocenters. The van der Waals surface area contributed by atoms with Crippen LogP contribution in [0.1, 0.15) is 25.3 Å². The Morgan fingerprint density at radius 1 is 1.09 bits per heavy atom. The van der Waals surface area contributed by atoms with Crippen molar-refractivity contribution >= 4 is 17.6 Å². The van der Waals surface area contributed by atoms with Gasteiger partial charge in [0.15, 0.2) is 11.5 Å². The van der Waals surface area contributed by atoms with E-state index in [2.05, 4.69) is 25.6 Å². The molecule has 0 amide bonds. The minimum atomic E-state index is 0.144. The number of nitrogens with zero attached hydrogens (tertiary/aromatic N) is 3. The SMILES string of the molecule is C=C(C)CN=c1scc(-c2cc(OC)c(OC)c(OC)c2)n1N=CC(C)c1ccccc1. The van der Waals surface area contributed by atoms with Crippen LogP contribution in [0, 0.1) is 0 Å². The molecule has 0 bridgehead atoms. The van der Waals surface area contributed by atoms with Crippen molar-refractivity contribution in [2.24, 2.45) is 10.1 Å². The van der Waals surface area contributed by atoms with Gasteiger partial charge in [0.25, 0.3) is 0 Å². The summed E-state index contributed by atoms with van der Waals surface area (Å²) < 4.78 is 18.4. The zero-order valence-electron chi connectivity index (χ0n) is 19.2. The second-order valence-electron chi connectivity index (χ2n) is 7.37. The number of ether oxygens (including phenoxy) is 3. The molecular formula is C25H29N3O3S. The summed E-state index contributed by atoms with van der Waals surface area (Å²) in [7, 11) is 4.81. The predicted octanol–water partition coefficient (Wildman–Crippen LogP) is 5.36. The van der Waals surface area contributed by atoms with E-state index in [4.69, 9.17) is 24.3 Å². The van der Waals surface area contributed by atoms with Crippen LogP contribution in [0.4, 0.5) is 0 Å². The molecule has 0 spiro atoms. The van der Waals surface area contributed by atoms with Gasteiger partial charge >= 0.3 is 0 Å². The maximum Gasteiger partial charge on any atom is 0.206 e. The van der Waals surface area contributed by atoms with Crippen LogP contribution in [0.2, 0.25) is 0 Å². The Morgan fingerprint density at radius 2 is 1.75 bits per heavy atom. The van der Waals surface area contributed by atoms with Gasteiger partial charge in [-0.25, -0.2) is 4.68 Å². The molecule has 1 unspecified atom stereocenters. The van der Waals surface area contributed by atoms with Crippen molar-refractivity contribution in [1.82, 2.24) is 4.68 Å². The fourth-order valence-corrected chi connectivity index (χ4v) is 4.00. The van der Waals surface area contributed by atoms with Gasteiger partial charge in [-0.15, -0.1) is 11.3 Å². The summed E-state index contributed by atoms with van der Waals surface area (Å²) in [6.07, 6.45) is 1.93. The lowest BCUT2D eigenvalue weighted by molar-refractivity contribution is 0.324. The maximum absolute atomic E-state index is 5.54. The average molecular weight is 452 g/mol. The Hall–Kier alpha value is -3.32. The fraction of sp³-hybridized carbons (Fsp3) is 0.280. The first kappa shape index (κ1) is 23.3. The van der Waals surface area contributed by atoms with Crippen molar-refractivity contribution in [3.63, 3.8) is 0 Å². The topological polar surface area (TPSA) is 57.3 Å². The molecule has 0 saturated heterocycles. The molecule has 0 aliphatic rings. The molecule has 7 heteroatoms. The highest BCUT2D eigenvalue weighted by Gasteiger charge is 2.17. The predicted molar refractivity (Wildman–Crippen MR) is 131 cm³/mol. The largest absolute Gasteiger partial charge is 0.493 e. The molecule has 2 aromatic carbocycles. The highest BCUT2D eigenvalue weighted by atomic mass is 32.1. The van der Waals surface area contributed by atoms with E-state index in [1.165, 1.54) is 16.9 Å². The van der Waals surface area contributed by atoms with Crippen LogP contribution >= 0.6 is 11.3 Å². The third-order valence-electron chi connectivity index (χ3n) is 4.86. The van der Waals surface area contributed by atoms with Crippen LogP contribution in [0.3, 0.4) is 0 Å². The average Bonchev–Trinajstić information content (AvgIpc) is 3.23. The van der Waals surface area contributed by atoms with Gasteiger partial charge in [-0.3, -0.25) is 4.99 Å². The van der Waals surface area contributed by atoms with E-state index in [1.54, 1.807) is 21.3 Å². The maximum atomic E-state index is 5.54. The molecule has 0 fully saturated rings. The fourth-order valence-electron chi connectivity index (χ4n) is 3.16. The van der Waals surface area contributed by atoms with Crippen LogP contribution in [0.15, 0.2) is 70.1 Å². The molecule has 0 saturated carbocycles. The Bertz CT molecular complexity index is 1140. The molecule has 0 aliphatic carbocycles. The number of methoxy groups -OCH3 is 3. The lowest BCUT2D eigenvalue weighted by Crippen LogP contribution is -2.13. The van der Waals surface area contributed by atoms with E-state index in [9.17, 15) is 0 Å². The Morgan fingerprint density at radius 3 is 2.31 bits per heavy atom. The van der Waals surface area contributed by atoms with Gasteiger partial charge in [0.1, 0.15) is 0 Å². The molecule has 3 aromatic rings. The zero-order chi connectivity index (χ0) is 23.1. The van der Waals surface area contributed by atoms with Crippen molar-refractivity contribution in [3.8, 4) is 28.5 Å². The summed E-state index contributed by atoms with van der Waals surface area (Å²) in [6.45, 7) is 8.58. The number of thiazole rings is 1. The molecule has 0 aliphatic heterocycles. The van der Waals surface area contributed by atoms with Crippen molar-refractivity contribution in [2.75, 3.05) is 27.9 Å².